The molecule has 2 aromatic carbocycles. The Morgan fingerprint density at radius 2 is 1.96 bits per heavy atom. The predicted octanol–water partition coefficient (Wildman–Crippen LogP) is 3.72. The Bertz CT molecular complexity index is 727. The van der Waals surface area contributed by atoms with E-state index < -0.39 is 6.10 Å². The molecule has 1 aliphatic rings. The molecule has 3 rings (SSSR count). The van der Waals surface area contributed by atoms with Crippen molar-refractivity contribution >= 4 is 11.6 Å². The first-order valence-electron chi connectivity index (χ1n) is 9.47. The van der Waals surface area contributed by atoms with Crippen LogP contribution in [0, 0.1) is 6.92 Å². The molecule has 1 amide bonds. The summed E-state index contributed by atoms with van der Waals surface area (Å²) >= 11 is 0. The lowest BCUT2D eigenvalue weighted by molar-refractivity contribution is -0.127. The second kappa shape index (κ2) is 8.75. The van der Waals surface area contributed by atoms with Gasteiger partial charge in [-0.1, -0.05) is 35.9 Å². The van der Waals surface area contributed by atoms with Crippen molar-refractivity contribution < 1.29 is 9.53 Å². The van der Waals surface area contributed by atoms with Crippen LogP contribution in [0.3, 0.4) is 0 Å². The molecule has 4 heteroatoms. The molecule has 0 saturated carbocycles. The number of benzene rings is 2. The summed E-state index contributed by atoms with van der Waals surface area (Å²) in [6.07, 6.45) is 2.80. The van der Waals surface area contributed by atoms with Gasteiger partial charge in [-0.3, -0.25) is 4.79 Å². The second-order valence-corrected chi connectivity index (χ2v) is 6.94. The van der Waals surface area contributed by atoms with Gasteiger partial charge in [-0.15, -0.1) is 0 Å². The van der Waals surface area contributed by atoms with Crippen LogP contribution >= 0.6 is 0 Å². The van der Waals surface area contributed by atoms with Gasteiger partial charge >= 0.3 is 0 Å². The van der Waals surface area contributed by atoms with E-state index in [-0.39, 0.29) is 5.91 Å². The van der Waals surface area contributed by atoms with E-state index in [9.17, 15) is 4.79 Å². The van der Waals surface area contributed by atoms with Crippen LogP contribution < -0.4 is 15.0 Å². The first-order chi connectivity index (χ1) is 12.6. The number of para-hydroxylation sites is 1. The largest absolute Gasteiger partial charge is 0.481 e. The van der Waals surface area contributed by atoms with Crippen molar-refractivity contribution in [2.45, 2.75) is 39.2 Å². The number of hydrogen-bond donors (Lipinski definition) is 1. The van der Waals surface area contributed by atoms with Crippen molar-refractivity contribution in [2.24, 2.45) is 0 Å². The highest BCUT2D eigenvalue weighted by Gasteiger charge is 2.17. The minimum atomic E-state index is -0.492. The molecular weight excluding hydrogens is 324 g/mol. The van der Waals surface area contributed by atoms with Crippen LogP contribution in [0.15, 0.2) is 48.5 Å². The third-order valence-electron chi connectivity index (χ3n) is 4.81. The molecule has 0 aromatic heterocycles. The Hall–Kier alpha value is -2.49. The van der Waals surface area contributed by atoms with E-state index >= 15 is 0 Å². The first kappa shape index (κ1) is 18.3. The number of amides is 1. The Morgan fingerprint density at radius 3 is 2.77 bits per heavy atom. The molecule has 1 aliphatic heterocycles. The predicted molar refractivity (Wildman–Crippen MR) is 106 cm³/mol. The molecule has 0 unspecified atom stereocenters. The molecule has 26 heavy (non-hydrogen) atoms. The van der Waals surface area contributed by atoms with E-state index in [0.717, 1.165) is 31.7 Å². The maximum absolute atomic E-state index is 12.2. The van der Waals surface area contributed by atoms with Gasteiger partial charge in [-0.2, -0.15) is 0 Å². The van der Waals surface area contributed by atoms with E-state index in [0.29, 0.717) is 6.54 Å². The van der Waals surface area contributed by atoms with E-state index in [1.165, 1.54) is 23.2 Å². The summed E-state index contributed by atoms with van der Waals surface area (Å²) in [4.78, 5) is 14.6. The SMILES string of the molecule is Cc1ccc(O[C@@H](C)C(=O)NCCCN2CCCc3ccccc32)cc1. The smallest absolute Gasteiger partial charge is 0.260 e. The number of rotatable bonds is 7. The van der Waals surface area contributed by atoms with Crippen LogP contribution in [0.1, 0.15) is 30.9 Å². The Balaban J connectivity index is 1.41. The fourth-order valence-corrected chi connectivity index (χ4v) is 3.34. The van der Waals surface area contributed by atoms with Crippen LogP contribution in [-0.4, -0.2) is 31.6 Å². The van der Waals surface area contributed by atoms with E-state index in [4.69, 9.17) is 4.74 Å². The van der Waals surface area contributed by atoms with Crippen molar-refractivity contribution in [3.8, 4) is 5.75 Å². The van der Waals surface area contributed by atoms with Crippen molar-refractivity contribution in [3.05, 3.63) is 59.7 Å². The van der Waals surface area contributed by atoms with Crippen molar-refractivity contribution in [1.29, 1.82) is 0 Å². The molecule has 4 nitrogen and oxygen atoms in total. The summed E-state index contributed by atoms with van der Waals surface area (Å²) in [5.41, 5.74) is 3.96. The molecule has 1 atom stereocenters. The van der Waals surface area contributed by atoms with Crippen LogP contribution in [0.5, 0.6) is 5.75 Å². The third kappa shape index (κ3) is 4.78. The van der Waals surface area contributed by atoms with Crippen molar-refractivity contribution in [1.82, 2.24) is 5.32 Å². The highest BCUT2D eigenvalue weighted by atomic mass is 16.5. The molecule has 138 valence electrons. The molecule has 0 bridgehead atoms. The van der Waals surface area contributed by atoms with Gasteiger partial charge in [0, 0.05) is 25.3 Å². The monoisotopic (exact) mass is 352 g/mol. The van der Waals surface area contributed by atoms with Crippen LogP contribution in [0.2, 0.25) is 0 Å². The lowest BCUT2D eigenvalue weighted by Crippen LogP contribution is -2.38. The van der Waals surface area contributed by atoms with Gasteiger partial charge in [0.15, 0.2) is 6.10 Å². The molecule has 0 fully saturated rings. The number of ether oxygens (including phenoxy) is 1. The van der Waals surface area contributed by atoms with Gasteiger partial charge < -0.3 is 15.0 Å². The number of carbonyl (C=O) groups excluding carboxylic acids is 1. The molecule has 0 radical (unpaired) electrons. The van der Waals surface area contributed by atoms with Crippen molar-refractivity contribution in [2.75, 3.05) is 24.5 Å². The van der Waals surface area contributed by atoms with E-state index in [2.05, 4.69) is 34.5 Å². The third-order valence-corrected chi connectivity index (χ3v) is 4.81. The summed E-state index contributed by atoms with van der Waals surface area (Å²) in [6, 6.07) is 16.4. The van der Waals surface area contributed by atoms with Gasteiger partial charge in [-0.05, 0) is 56.9 Å². The van der Waals surface area contributed by atoms with Gasteiger partial charge in [-0.25, -0.2) is 0 Å². The maximum Gasteiger partial charge on any atom is 0.260 e. The molecule has 0 saturated heterocycles. The topological polar surface area (TPSA) is 41.6 Å². The molecule has 0 spiro atoms. The molecule has 0 aliphatic carbocycles. The zero-order chi connectivity index (χ0) is 18.4. The normalized spacial score (nSPS) is 14.5. The minimum absolute atomic E-state index is 0.0652. The lowest BCUT2D eigenvalue weighted by Gasteiger charge is -2.31. The lowest BCUT2D eigenvalue weighted by atomic mass is 10.0. The average Bonchev–Trinajstić information content (AvgIpc) is 2.67. The van der Waals surface area contributed by atoms with Gasteiger partial charge in [0.1, 0.15) is 5.75 Å². The van der Waals surface area contributed by atoms with Gasteiger partial charge in [0.05, 0.1) is 0 Å². The second-order valence-electron chi connectivity index (χ2n) is 6.94. The summed E-state index contributed by atoms with van der Waals surface area (Å²) < 4.78 is 5.70. The summed E-state index contributed by atoms with van der Waals surface area (Å²) in [5, 5.41) is 2.99. The number of hydrogen-bond acceptors (Lipinski definition) is 3. The zero-order valence-corrected chi connectivity index (χ0v) is 15.7. The first-order valence-corrected chi connectivity index (χ1v) is 9.47. The zero-order valence-electron chi connectivity index (χ0n) is 15.7. The molecule has 1 N–H and O–H groups in total. The Kier molecular flexibility index (Phi) is 6.16. The van der Waals surface area contributed by atoms with E-state index in [1.807, 2.05) is 31.2 Å². The number of fused-ring (bicyclic) bond motifs is 1. The van der Waals surface area contributed by atoms with Gasteiger partial charge in [0.2, 0.25) is 0 Å². The Morgan fingerprint density at radius 1 is 1.19 bits per heavy atom. The molecule has 2 aromatic rings. The highest BCUT2D eigenvalue weighted by molar-refractivity contribution is 5.80. The van der Waals surface area contributed by atoms with Crippen LogP contribution in [0.4, 0.5) is 5.69 Å². The number of aryl methyl sites for hydroxylation is 2. The van der Waals surface area contributed by atoms with E-state index in [1.54, 1.807) is 6.92 Å². The molecule has 1 heterocycles. The minimum Gasteiger partial charge on any atom is -0.481 e. The summed E-state index contributed by atoms with van der Waals surface area (Å²) in [7, 11) is 0. The van der Waals surface area contributed by atoms with Crippen LogP contribution in [-0.2, 0) is 11.2 Å². The number of nitrogens with zero attached hydrogens (tertiary/aromatic N) is 1. The fraction of sp³-hybridized carbons (Fsp3) is 0.409. The molecular formula is C22H28N2O2. The number of carbonyl (C=O) groups is 1. The fourth-order valence-electron chi connectivity index (χ4n) is 3.34. The van der Waals surface area contributed by atoms with Crippen LogP contribution in [0.25, 0.3) is 0 Å². The van der Waals surface area contributed by atoms with Gasteiger partial charge in [0.25, 0.3) is 5.91 Å². The standard InChI is InChI=1S/C22H28N2O2/c1-17-10-12-20(13-11-17)26-18(2)22(25)23-14-6-16-24-15-5-8-19-7-3-4-9-21(19)24/h3-4,7,9-13,18H,5-6,8,14-16H2,1-2H3,(H,23,25)/t18-/m0/s1. The Labute approximate surface area is 156 Å². The number of nitrogens with one attached hydrogen (secondary N) is 1. The summed E-state index contributed by atoms with van der Waals surface area (Å²) in [6.45, 7) is 6.54. The number of anilines is 1. The highest BCUT2D eigenvalue weighted by Crippen LogP contribution is 2.26. The van der Waals surface area contributed by atoms with Crippen molar-refractivity contribution in [3.63, 3.8) is 0 Å². The quantitative estimate of drug-likeness (QED) is 0.772. The maximum atomic E-state index is 12.2. The average molecular weight is 352 g/mol. The summed E-state index contributed by atoms with van der Waals surface area (Å²) in [5.74, 6) is 0.660.